The van der Waals surface area contributed by atoms with Crippen molar-refractivity contribution in [3.05, 3.63) is 23.8 Å². The van der Waals surface area contributed by atoms with Crippen LogP contribution in [0.4, 0.5) is 5.69 Å². The van der Waals surface area contributed by atoms with Gasteiger partial charge in [-0.2, -0.15) is 4.31 Å². The van der Waals surface area contributed by atoms with Crippen LogP contribution in [0.3, 0.4) is 0 Å². The number of nitrogens with one attached hydrogen (secondary N) is 2. The summed E-state index contributed by atoms with van der Waals surface area (Å²) in [4.78, 5) is 11.8. The van der Waals surface area contributed by atoms with Crippen molar-refractivity contribution in [3.63, 3.8) is 0 Å². The third-order valence-electron chi connectivity index (χ3n) is 3.94. The molecule has 21 heavy (non-hydrogen) atoms. The molecule has 2 aliphatic rings. The van der Waals surface area contributed by atoms with Gasteiger partial charge in [0.25, 0.3) is 0 Å². The van der Waals surface area contributed by atoms with Crippen LogP contribution >= 0.6 is 0 Å². The molecule has 114 valence electrons. The zero-order chi connectivity index (χ0) is 14.9. The molecule has 1 saturated heterocycles. The molecular formula is C14H19N3O3S. The lowest BCUT2D eigenvalue weighted by Gasteiger charge is -2.25. The molecule has 0 radical (unpaired) electrons. The van der Waals surface area contributed by atoms with Crippen LogP contribution in [0, 0.1) is 0 Å². The summed E-state index contributed by atoms with van der Waals surface area (Å²) < 4.78 is 27.2. The van der Waals surface area contributed by atoms with Crippen LogP contribution in [-0.2, 0) is 21.2 Å². The second-order valence-corrected chi connectivity index (χ2v) is 7.22. The number of hydrogen-bond donors (Lipinski definition) is 2. The van der Waals surface area contributed by atoms with Crippen LogP contribution in [0.15, 0.2) is 23.1 Å². The van der Waals surface area contributed by atoms with Crippen molar-refractivity contribution >= 4 is 21.6 Å². The Morgan fingerprint density at radius 1 is 1.05 bits per heavy atom. The van der Waals surface area contributed by atoms with E-state index >= 15 is 0 Å². The SMILES string of the molecule is O=C1CCN(S(=O)(=O)c2cccc3c2CCCN3)CCN1. The highest BCUT2D eigenvalue weighted by Crippen LogP contribution is 2.30. The van der Waals surface area contributed by atoms with Crippen LogP contribution in [-0.4, -0.2) is 44.8 Å². The van der Waals surface area contributed by atoms with Crippen molar-refractivity contribution in [3.8, 4) is 0 Å². The predicted molar refractivity (Wildman–Crippen MR) is 79.6 cm³/mol. The van der Waals surface area contributed by atoms with E-state index in [0.717, 1.165) is 30.6 Å². The fourth-order valence-electron chi connectivity index (χ4n) is 2.84. The molecular weight excluding hydrogens is 290 g/mol. The third kappa shape index (κ3) is 2.75. The first kappa shape index (κ1) is 14.3. The first-order valence-corrected chi connectivity index (χ1v) is 8.65. The van der Waals surface area contributed by atoms with Gasteiger partial charge in [-0.25, -0.2) is 8.42 Å². The Bertz CT molecular complexity index is 657. The average molecular weight is 309 g/mol. The van der Waals surface area contributed by atoms with E-state index in [0.29, 0.717) is 18.0 Å². The molecule has 1 amide bonds. The molecule has 6 nitrogen and oxygen atoms in total. The number of carbonyl (C=O) groups excluding carboxylic acids is 1. The molecule has 0 saturated carbocycles. The lowest BCUT2D eigenvalue weighted by molar-refractivity contribution is -0.120. The van der Waals surface area contributed by atoms with Gasteiger partial charge in [0.2, 0.25) is 15.9 Å². The predicted octanol–water partition coefficient (Wildman–Crippen LogP) is 0.555. The molecule has 1 fully saturated rings. The maximum atomic E-state index is 12.9. The highest BCUT2D eigenvalue weighted by atomic mass is 32.2. The first-order chi connectivity index (χ1) is 10.1. The summed E-state index contributed by atoms with van der Waals surface area (Å²) in [5.74, 6) is -0.0931. The Hall–Kier alpha value is -1.60. The fraction of sp³-hybridized carbons (Fsp3) is 0.500. The molecule has 3 rings (SSSR count). The van der Waals surface area contributed by atoms with Crippen LogP contribution in [0.5, 0.6) is 0 Å². The van der Waals surface area contributed by atoms with E-state index in [-0.39, 0.29) is 18.9 Å². The number of anilines is 1. The van der Waals surface area contributed by atoms with Gasteiger partial charge in [-0.3, -0.25) is 4.79 Å². The molecule has 0 aromatic heterocycles. The monoisotopic (exact) mass is 309 g/mol. The lowest BCUT2D eigenvalue weighted by Crippen LogP contribution is -2.35. The molecule has 0 bridgehead atoms. The van der Waals surface area contributed by atoms with Gasteiger partial charge in [-0.1, -0.05) is 6.07 Å². The lowest BCUT2D eigenvalue weighted by atomic mass is 10.0. The molecule has 0 spiro atoms. The number of fused-ring (bicyclic) bond motifs is 1. The van der Waals surface area contributed by atoms with Crippen LogP contribution in [0.1, 0.15) is 18.4 Å². The maximum absolute atomic E-state index is 12.9. The Balaban J connectivity index is 1.96. The molecule has 1 aromatic carbocycles. The largest absolute Gasteiger partial charge is 0.385 e. The molecule has 0 unspecified atom stereocenters. The number of benzene rings is 1. The van der Waals surface area contributed by atoms with E-state index < -0.39 is 10.0 Å². The summed E-state index contributed by atoms with van der Waals surface area (Å²) in [5, 5.41) is 5.95. The molecule has 2 aliphatic heterocycles. The second-order valence-electron chi connectivity index (χ2n) is 5.32. The van der Waals surface area contributed by atoms with E-state index in [1.807, 2.05) is 6.07 Å². The van der Waals surface area contributed by atoms with Crippen molar-refractivity contribution < 1.29 is 13.2 Å². The number of carbonyl (C=O) groups is 1. The fourth-order valence-corrected chi connectivity index (χ4v) is 4.56. The summed E-state index contributed by atoms with van der Waals surface area (Å²) in [6.07, 6.45) is 1.91. The Labute approximate surface area is 124 Å². The molecule has 7 heteroatoms. The van der Waals surface area contributed by atoms with Crippen molar-refractivity contribution in [2.75, 3.05) is 31.5 Å². The minimum Gasteiger partial charge on any atom is -0.385 e. The van der Waals surface area contributed by atoms with Crippen molar-refractivity contribution in [1.82, 2.24) is 9.62 Å². The van der Waals surface area contributed by atoms with Gasteiger partial charge in [0.15, 0.2) is 0 Å². The molecule has 2 N–H and O–H groups in total. The normalized spacial score (nSPS) is 20.1. The summed E-state index contributed by atoms with van der Waals surface area (Å²) in [5.41, 5.74) is 1.78. The van der Waals surface area contributed by atoms with Gasteiger partial charge in [-0.15, -0.1) is 0 Å². The Kier molecular flexibility index (Phi) is 3.86. The highest BCUT2D eigenvalue weighted by Gasteiger charge is 2.30. The number of hydrogen-bond acceptors (Lipinski definition) is 4. The quantitative estimate of drug-likeness (QED) is 0.836. The van der Waals surface area contributed by atoms with Crippen molar-refractivity contribution in [1.29, 1.82) is 0 Å². The van der Waals surface area contributed by atoms with Gasteiger partial charge in [0.1, 0.15) is 0 Å². The number of amides is 1. The first-order valence-electron chi connectivity index (χ1n) is 7.21. The van der Waals surface area contributed by atoms with Crippen LogP contribution in [0.2, 0.25) is 0 Å². The Morgan fingerprint density at radius 3 is 2.76 bits per heavy atom. The van der Waals surface area contributed by atoms with E-state index in [1.54, 1.807) is 12.1 Å². The minimum absolute atomic E-state index is 0.0931. The molecule has 2 heterocycles. The molecule has 1 aromatic rings. The van der Waals surface area contributed by atoms with E-state index in [9.17, 15) is 13.2 Å². The van der Waals surface area contributed by atoms with Crippen molar-refractivity contribution in [2.24, 2.45) is 0 Å². The van der Waals surface area contributed by atoms with Crippen LogP contribution in [0.25, 0.3) is 0 Å². The number of sulfonamides is 1. The molecule has 0 aliphatic carbocycles. The summed E-state index contributed by atoms with van der Waals surface area (Å²) in [6, 6.07) is 5.35. The second kappa shape index (κ2) is 5.65. The average Bonchev–Trinajstić information content (AvgIpc) is 2.72. The molecule has 0 atom stereocenters. The number of nitrogens with zero attached hydrogens (tertiary/aromatic N) is 1. The third-order valence-corrected chi connectivity index (χ3v) is 5.92. The van der Waals surface area contributed by atoms with Gasteiger partial charge in [0.05, 0.1) is 4.90 Å². The standard InChI is InChI=1S/C14H19N3O3S/c18-14-6-9-17(10-8-16-14)21(19,20)13-5-1-4-12-11(13)3-2-7-15-12/h1,4-5,15H,2-3,6-10H2,(H,16,18). The summed E-state index contributed by atoms with van der Waals surface area (Å²) >= 11 is 0. The Morgan fingerprint density at radius 2 is 1.90 bits per heavy atom. The van der Waals surface area contributed by atoms with Gasteiger partial charge in [-0.05, 0) is 30.5 Å². The zero-order valence-corrected chi connectivity index (χ0v) is 12.6. The zero-order valence-electron chi connectivity index (χ0n) is 11.8. The topological polar surface area (TPSA) is 78.5 Å². The van der Waals surface area contributed by atoms with E-state index in [2.05, 4.69) is 10.6 Å². The summed E-state index contributed by atoms with van der Waals surface area (Å²) in [7, 11) is -3.55. The minimum atomic E-state index is -3.55. The van der Waals surface area contributed by atoms with Crippen molar-refractivity contribution in [2.45, 2.75) is 24.2 Å². The van der Waals surface area contributed by atoms with E-state index in [1.165, 1.54) is 4.31 Å². The highest BCUT2D eigenvalue weighted by molar-refractivity contribution is 7.89. The number of rotatable bonds is 2. The van der Waals surface area contributed by atoms with Gasteiger partial charge >= 0.3 is 0 Å². The van der Waals surface area contributed by atoms with E-state index in [4.69, 9.17) is 0 Å². The summed E-state index contributed by atoms with van der Waals surface area (Å²) in [6.45, 7) is 1.81. The van der Waals surface area contributed by atoms with Gasteiger partial charge < -0.3 is 10.6 Å². The smallest absolute Gasteiger partial charge is 0.243 e. The maximum Gasteiger partial charge on any atom is 0.243 e. The van der Waals surface area contributed by atoms with Gasteiger partial charge in [0, 0.05) is 38.3 Å². The van der Waals surface area contributed by atoms with Crippen LogP contribution < -0.4 is 10.6 Å².